The number of aliphatic hydroxyl groups is 2. The number of alkyl halides is 3. The molecular formula is C14H21F3N2O2. The molecule has 1 saturated heterocycles. The minimum Gasteiger partial charge on any atom is -0.507 e. The molecule has 0 spiro atoms. The highest BCUT2D eigenvalue weighted by molar-refractivity contribution is 5.28. The Bertz CT molecular complexity index is 440. The van der Waals surface area contributed by atoms with Crippen molar-refractivity contribution < 1.29 is 23.4 Å². The van der Waals surface area contributed by atoms with E-state index in [-0.39, 0.29) is 18.0 Å². The highest BCUT2D eigenvalue weighted by atomic mass is 19.4. The third-order valence-corrected chi connectivity index (χ3v) is 3.89. The van der Waals surface area contributed by atoms with E-state index in [0.717, 1.165) is 37.3 Å². The third-order valence-electron chi connectivity index (χ3n) is 3.89. The van der Waals surface area contributed by atoms with Crippen molar-refractivity contribution in [1.29, 1.82) is 0 Å². The van der Waals surface area contributed by atoms with Crippen molar-refractivity contribution in [2.45, 2.75) is 38.5 Å². The van der Waals surface area contributed by atoms with Crippen molar-refractivity contribution in [2.24, 2.45) is 0 Å². The van der Waals surface area contributed by atoms with E-state index in [1.54, 1.807) is 0 Å². The van der Waals surface area contributed by atoms with Gasteiger partial charge in [0.05, 0.1) is 5.70 Å². The number of hydrogen-bond acceptors (Lipinski definition) is 4. The normalized spacial score (nSPS) is 25.3. The molecule has 0 aromatic carbocycles. The summed E-state index contributed by atoms with van der Waals surface area (Å²) in [6.45, 7) is 2.18. The summed E-state index contributed by atoms with van der Waals surface area (Å²) in [5, 5.41) is 19.8. The van der Waals surface area contributed by atoms with Gasteiger partial charge < -0.3 is 15.1 Å². The van der Waals surface area contributed by atoms with Crippen LogP contribution in [0.25, 0.3) is 0 Å². The van der Waals surface area contributed by atoms with Gasteiger partial charge in [-0.1, -0.05) is 6.42 Å². The number of rotatable bonds is 3. The Morgan fingerprint density at radius 3 is 2.43 bits per heavy atom. The minimum absolute atomic E-state index is 0.154. The largest absolute Gasteiger partial charge is 0.507 e. The number of likely N-dealkylation sites (tertiary alicyclic amines) is 1. The maximum atomic E-state index is 12.7. The zero-order valence-corrected chi connectivity index (χ0v) is 12.0. The van der Waals surface area contributed by atoms with Gasteiger partial charge in [0.2, 0.25) is 0 Å². The van der Waals surface area contributed by atoms with Gasteiger partial charge in [-0.2, -0.15) is 13.2 Å². The van der Waals surface area contributed by atoms with Crippen molar-refractivity contribution >= 4 is 0 Å². The van der Waals surface area contributed by atoms with E-state index in [1.165, 1.54) is 13.0 Å². The van der Waals surface area contributed by atoms with E-state index in [4.69, 9.17) is 0 Å². The molecule has 1 atom stereocenters. The molecule has 0 aromatic heterocycles. The van der Waals surface area contributed by atoms with Crippen LogP contribution in [0.2, 0.25) is 0 Å². The van der Waals surface area contributed by atoms with Crippen molar-refractivity contribution in [1.82, 2.24) is 9.80 Å². The molecule has 21 heavy (non-hydrogen) atoms. The second kappa shape index (κ2) is 6.27. The molecule has 7 heteroatoms. The van der Waals surface area contributed by atoms with Crippen LogP contribution < -0.4 is 0 Å². The lowest BCUT2D eigenvalue weighted by molar-refractivity contribution is -0.139. The van der Waals surface area contributed by atoms with Crippen LogP contribution in [0.15, 0.2) is 23.2 Å². The summed E-state index contributed by atoms with van der Waals surface area (Å²) in [4.78, 5) is 3.07. The molecule has 0 aliphatic carbocycles. The van der Waals surface area contributed by atoms with Crippen molar-refractivity contribution in [2.75, 3.05) is 26.2 Å². The number of halogens is 3. The predicted octanol–water partition coefficient (Wildman–Crippen LogP) is 2.38. The minimum atomic E-state index is -4.37. The van der Waals surface area contributed by atoms with Crippen LogP contribution >= 0.6 is 0 Å². The molecule has 0 radical (unpaired) electrons. The Hall–Kier alpha value is -1.21. The van der Waals surface area contributed by atoms with Crippen LogP contribution in [-0.2, 0) is 0 Å². The second-order valence-electron chi connectivity index (χ2n) is 5.62. The van der Waals surface area contributed by atoms with Crippen molar-refractivity contribution in [3.63, 3.8) is 0 Å². The first kappa shape index (κ1) is 16.2. The first-order valence-electron chi connectivity index (χ1n) is 7.13. The van der Waals surface area contributed by atoms with E-state index in [0.29, 0.717) is 5.70 Å². The van der Waals surface area contributed by atoms with Crippen LogP contribution in [0.3, 0.4) is 0 Å². The second-order valence-corrected chi connectivity index (χ2v) is 5.62. The monoisotopic (exact) mass is 306 g/mol. The Labute approximate surface area is 122 Å². The van der Waals surface area contributed by atoms with Gasteiger partial charge in [0.1, 0.15) is 18.4 Å². The summed E-state index contributed by atoms with van der Waals surface area (Å²) in [6.07, 6.45) is -1.23. The Balaban J connectivity index is 2.20. The van der Waals surface area contributed by atoms with Gasteiger partial charge in [-0.05, 0) is 38.9 Å². The van der Waals surface area contributed by atoms with E-state index in [1.807, 2.05) is 4.90 Å². The van der Waals surface area contributed by atoms with E-state index < -0.39 is 18.8 Å². The Morgan fingerprint density at radius 2 is 1.86 bits per heavy atom. The van der Waals surface area contributed by atoms with Crippen LogP contribution in [0.5, 0.6) is 0 Å². The molecule has 2 aliphatic heterocycles. The number of aliphatic hydroxyl groups excluding tert-OH is 2. The number of hydrogen-bond donors (Lipinski definition) is 2. The van der Waals surface area contributed by atoms with E-state index >= 15 is 0 Å². The lowest BCUT2D eigenvalue weighted by Crippen LogP contribution is -2.42. The summed E-state index contributed by atoms with van der Waals surface area (Å²) in [7, 11) is 0. The fourth-order valence-electron chi connectivity index (χ4n) is 2.81. The molecule has 120 valence electrons. The van der Waals surface area contributed by atoms with Gasteiger partial charge >= 0.3 is 6.18 Å². The maximum Gasteiger partial charge on any atom is 0.406 e. The van der Waals surface area contributed by atoms with Crippen LogP contribution in [-0.4, -0.2) is 58.5 Å². The molecule has 2 heterocycles. The van der Waals surface area contributed by atoms with Gasteiger partial charge in [-0.15, -0.1) is 0 Å². The molecule has 0 amide bonds. The molecule has 2 aliphatic rings. The maximum absolute atomic E-state index is 12.7. The first-order chi connectivity index (χ1) is 9.78. The van der Waals surface area contributed by atoms with Gasteiger partial charge in [0.25, 0.3) is 0 Å². The van der Waals surface area contributed by atoms with Gasteiger partial charge in [0.15, 0.2) is 0 Å². The SMILES string of the molecule is CC1=CC(O)C(O)=C(CN2CCCCC2)N1CC(F)(F)F. The summed E-state index contributed by atoms with van der Waals surface area (Å²) >= 11 is 0. The third kappa shape index (κ3) is 4.14. The number of nitrogens with zero attached hydrogens (tertiary/aromatic N) is 2. The number of allylic oxidation sites excluding steroid dienone is 1. The summed E-state index contributed by atoms with van der Waals surface area (Å²) < 4.78 is 38.2. The van der Waals surface area contributed by atoms with Gasteiger partial charge in [-0.25, -0.2) is 0 Å². The quantitative estimate of drug-likeness (QED) is 0.840. The standard InChI is InChI=1S/C14H21F3N2O2/c1-10-7-12(20)13(21)11(19(10)9-14(15,16)17)8-18-5-3-2-4-6-18/h7,12,20-21H,2-6,8-9H2,1H3. The van der Waals surface area contributed by atoms with Crippen molar-refractivity contribution in [3.8, 4) is 0 Å². The first-order valence-corrected chi connectivity index (χ1v) is 7.13. The zero-order chi connectivity index (χ0) is 15.6. The molecule has 4 nitrogen and oxygen atoms in total. The fraction of sp³-hybridized carbons (Fsp3) is 0.714. The van der Waals surface area contributed by atoms with Gasteiger partial charge in [-0.3, -0.25) is 4.90 Å². The molecule has 2 N–H and O–H groups in total. The van der Waals surface area contributed by atoms with Crippen molar-refractivity contribution in [3.05, 3.63) is 23.2 Å². The molecule has 0 bridgehead atoms. The van der Waals surface area contributed by atoms with Crippen LogP contribution in [0.1, 0.15) is 26.2 Å². The average Bonchev–Trinajstić information content (AvgIpc) is 2.40. The summed E-state index contributed by atoms with van der Waals surface area (Å²) in [5.41, 5.74) is 0.464. The van der Waals surface area contributed by atoms with Gasteiger partial charge in [0, 0.05) is 12.2 Å². The lowest BCUT2D eigenvalue weighted by Gasteiger charge is -2.37. The van der Waals surface area contributed by atoms with E-state index in [9.17, 15) is 23.4 Å². The summed E-state index contributed by atoms with van der Waals surface area (Å²) in [6, 6.07) is 0. The number of piperidine rings is 1. The molecule has 1 unspecified atom stereocenters. The molecule has 1 fully saturated rings. The lowest BCUT2D eigenvalue weighted by atomic mass is 10.1. The fourth-order valence-corrected chi connectivity index (χ4v) is 2.81. The average molecular weight is 306 g/mol. The molecule has 0 aromatic rings. The highest BCUT2D eigenvalue weighted by Crippen LogP contribution is 2.29. The molecule has 2 rings (SSSR count). The summed E-state index contributed by atoms with van der Waals surface area (Å²) in [5.74, 6) is -0.379. The predicted molar refractivity (Wildman–Crippen MR) is 72.5 cm³/mol. The van der Waals surface area contributed by atoms with Crippen LogP contribution in [0, 0.1) is 0 Å². The topological polar surface area (TPSA) is 46.9 Å². The highest BCUT2D eigenvalue weighted by Gasteiger charge is 2.36. The van der Waals surface area contributed by atoms with Crippen LogP contribution in [0.4, 0.5) is 13.2 Å². The Morgan fingerprint density at radius 1 is 1.24 bits per heavy atom. The zero-order valence-electron chi connectivity index (χ0n) is 12.0. The Kier molecular flexibility index (Phi) is 4.83. The molecular weight excluding hydrogens is 285 g/mol. The smallest absolute Gasteiger partial charge is 0.406 e. The van der Waals surface area contributed by atoms with E-state index in [2.05, 4.69) is 0 Å². The molecule has 0 saturated carbocycles.